The van der Waals surface area contributed by atoms with Crippen LogP contribution in [-0.4, -0.2) is 38.7 Å². The molecule has 0 atom stereocenters. The largest absolute Gasteiger partial charge is 0.494 e. The second-order valence-electron chi connectivity index (χ2n) is 8.17. The molecule has 2 aromatic rings. The maximum absolute atomic E-state index is 6.51. The minimum Gasteiger partial charge on any atom is -0.494 e. The normalized spacial score (nSPS) is 20.7. The molecule has 0 saturated carbocycles. The molecule has 3 aliphatic rings. The van der Waals surface area contributed by atoms with E-state index in [2.05, 4.69) is 50.1 Å². The summed E-state index contributed by atoms with van der Waals surface area (Å²) in [6.07, 6.45) is 3.68. The molecule has 5 N–H and O–H groups in total. The van der Waals surface area contributed by atoms with Gasteiger partial charge in [0.15, 0.2) is 0 Å². The van der Waals surface area contributed by atoms with Crippen molar-refractivity contribution in [3.63, 3.8) is 0 Å². The molecule has 0 aromatic heterocycles. The van der Waals surface area contributed by atoms with Crippen LogP contribution in [-0.2, 0) is 0 Å². The third-order valence-corrected chi connectivity index (χ3v) is 6.43. The van der Waals surface area contributed by atoms with Gasteiger partial charge in [0.25, 0.3) is 0 Å². The van der Waals surface area contributed by atoms with Crippen LogP contribution in [0.1, 0.15) is 18.4 Å². The molecule has 3 aliphatic heterocycles. The number of para-hydroxylation sites is 1. The quantitative estimate of drug-likeness (QED) is 0.567. The van der Waals surface area contributed by atoms with Crippen LogP contribution >= 0.6 is 11.6 Å². The summed E-state index contributed by atoms with van der Waals surface area (Å²) in [5.41, 5.74) is 12.2. The molecule has 0 aliphatic carbocycles. The highest BCUT2D eigenvalue weighted by atomic mass is 35.5. The van der Waals surface area contributed by atoms with Crippen LogP contribution in [0.2, 0.25) is 0 Å². The zero-order valence-corrected chi connectivity index (χ0v) is 18.7. The first kappa shape index (κ1) is 20.7. The Labute approximate surface area is 193 Å². The van der Waals surface area contributed by atoms with Crippen LogP contribution in [0, 0.1) is 0 Å². The van der Waals surface area contributed by atoms with E-state index in [-0.39, 0.29) is 0 Å². The fourth-order valence-electron chi connectivity index (χ4n) is 4.35. The molecule has 1 saturated heterocycles. The molecular weight excluding hydrogens is 424 g/mol. The van der Waals surface area contributed by atoms with Gasteiger partial charge in [-0.25, -0.2) is 4.99 Å². The highest BCUT2D eigenvalue weighted by Gasteiger charge is 2.24. The van der Waals surface area contributed by atoms with E-state index in [1.54, 1.807) is 13.3 Å². The van der Waals surface area contributed by atoms with Crippen LogP contribution in [0.4, 0.5) is 17.1 Å². The van der Waals surface area contributed by atoms with E-state index < -0.39 is 0 Å². The average molecular weight is 451 g/mol. The fourth-order valence-corrected chi connectivity index (χ4v) is 4.56. The number of aliphatic imine (C=N–C) groups is 1. The number of allylic oxidation sites excluding steroid dienone is 1. The van der Waals surface area contributed by atoms with E-state index >= 15 is 0 Å². The van der Waals surface area contributed by atoms with E-state index in [0.29, 0.717) is 23.6 Å². The Kier molecular flexibility index (Phi) is 5.68. The number of hydrogen-bond acceptors (Lipinski definition) is 7. The van der Waals surface area contributed by atoms with Crippen molar-refractivity contribution in [2.75, 3.05) is 42.3 Å². The van der Waals surface area contributed by atoms with Gasteiger partial charge in [-0.15, -0.1) is 0 Å². The number of fused-ring (bicyclic) bond motifs is 1. The number of rotatable bonds is 3. The third kappa shape index (κ3) is 4.01. The Morgan fingerprint density at radius 1 is 1.19 bits per heavy atom. The van der Waals surface area contributed by atoms with Crippen molar-refractivity contribution in [3.05, 3.63) is 65.0 Å². The fraction of sp³-hybridized carbons (Fsp3) is 0.292. The van der Waals surface area contributed by atoms with E-state index in [9.17, 15) is 0 Å². The average Bonchev–Trinajstić information content (AvgIpc) is 3.25. The Hall–Kier alpha value is -3.16. The van der Waals surface area contributed by atoms with Crippen LogP contribution in [0.25, 0.3) is 5.57 Å². The monoisotopic (exact) mass is 450 g/mol. The van der Waals surface area contributed by atoms with Crippen molar-refractivity contribution in [2.24, 2.45) is 10.7 Å². The zero-order valence-electron chi connectivity index (χ0n) is 18.0. The van der Waals surface area contributed by atoms with Gasteiger partial charge in [-0.2, -0.15) is 0 Å². The lowest BCUT2D eigenvalue weighted by Gasteiger charge is -2.32. The van der Waals surface area contributed by atoms with Gasteiger partial charge in [0, 0.05) is 54.3 Å². The molecule has 166 valence electrons. The molecule has 0 amide bonds. The number of nitrogens with two attached hydrogens (primary N) is 1. The minimum atomic E-state index is 0.301. The topological polar surface area (TPSA) is 86.9 Å². The first-order valence-electron chi connectivity index (χ1n) is 10.9. The number of benzene rings is 2. The molecule has 0 radical (unpaired) electrons. The number of ether oxygens (including phenoxy) is 1. The van der Waals surface area contributed by atoms with Crippen molar-refractivity contribution < 1.29 is 4.74 Å². The van der Waals surface area contributed by atoms with Crippen LogP contribution in [0.15, 0.2) is 64.4 Å². The Bertz CT molecular complexity index is 1120. The van der Waals surface area contributed by atoms with Gasteiger partial charge >= 0.3 is 0 Å². The van der Waals surface area contributed by atoms with Crippen LogP contribution in [0.3, 0.4) is 0 Å². The molecule has 32 heavy (non-hydrogen) atoms. The molecule has 0 unspecified atom stereocenters. The number of anilines is 3. The van der Waals surface area contributed by atoms with Crippen molar-refractivity contribution in [3.8, 4) is 5.75 Å². The van der Waals surface area contributed by atoms with E-state index in [1.807, 2.05) is 18.2 Å². The van der Waals surface area contributed by atoms with Crippen molar-refractivity contribution >= 4 is 40.2 Å². The summed E-state index contributed by atoms with van der Waals surface area (Å²) in [7, 11) is 1.68. The highest BCUT2D eigenvalue weighted by Crippen LogP contribution is 2.36. The van der Waals surface area contributed by atoms with Gasteiger partial charge in [0.05, 0.1) is 29.7 Å². The first-order chi connectivity index (χ1) is 15.6. The summed E-state index contributed by atoms with van der Waals surface area (Å²) in [5.74, 6) is 1.35. The smallest absolute Gasteiger partial charge is 0.205 e. The molecule has 8 heteroatoms. The number of guanidine groups is 1. The van der Waals surface area contributed by atoms with Crippen molar-refractivity contribution in [1.29, 1.82) is 0 Å². The predicted molar refractivity (Wildman–Crippen MR) is 132 cm³/mol. The summed E-state index contributed by atoms with van der Waals surface area (Å²) < 4.78 is 5.67. The number of halogens is 1. The lowest BCUT2D eigenvalue weighted by atomic mass is 10.0. The zero-order chi connectivity index (χ0) is 22.1. The maximum Gasteiger partial charge on any atom is 0.205 e. The van der Waals surface area contributed by atoms with Gasteiger partial charge < -0.3 is 31.3 Å². The van der Waals surface area contributed by atoms with Crippen LogP contribution < -0.4 is 31.3 Å². The Morgan fingerprint density at radius 2 is 2.00 bits per heavy atom. The Morgan fingerprint density at radius 3 is 2.81 bits per heavy atom. The number of hydrogen-bond donors (Lipinski definition) is 4. The summed E-state index contributed by atoms with van der Waals surface area (Å²) in [5, 5.41) is 10.7. The lowest BCUT2D eigenvalue weighted by Crippen LogP contribution is -2.39. The number of nitrogens with one attached hydrogen (secondary N) is 3. The minimum absolute atomic E-state index is 0.301. The molecular formula is C24H27ClN6O. The molecule has 2 aromatic carbocycles. The standard InChI is InChI=1S/C24H27ClN6O/c1-32-22-12-16(31-10-8-15(26)9-11-31)6-7-21(22)29-24-28-14-19(25)23(30-24)18-13-27-20-5-3-2-4-17(18)20/h2-7,12,14-15,27H,8-11,13,26H2,1H3,(H2,28,29,30)/b23-18+. The number of methoxy groups -OCH3 is 1. The molecule has 7 nitrogen and oxygen atoms in total. The first-order valence-corrected chi connectivity index (χ1v) is 11.2. The van der Waals surface area contributed by atoms with Gasteiger partial charge in [-0.05, 0) is 31.0 Å². The van der Waals surface area contributed by atoms with Crippen molar-refractivity contribution in [2.45, 2.75) is 18.9 Å². The summed E-state index contributed by atoms with van der Waals surface area (Å²) in [4.78, 5) is 6.79. The SMILES string of the molecule is COc1cc(N2CCC(N)CC2)ccc1NC1=NC=C(Cl)/C(=C2/CNc3ccccc32)N1. The summed E-state index contributed by atoms with van der Waals surface area (Å²) in [6.45, 7) is 2.62. The lowest BCUT2D eigenvalue weighted by molar-refractivity contribution is 0.416. The van der Waals surface area contributed by atoms with Crippen molar-refractivity contribution in [1.82, 2.24) is 5.32 Å². The summed E-state index contributed by atoms with van der Waals surface area (Å²) in [6, 6.07) is 14.7. The highest BCUT2D eigenvalue weighted by molar-refractivity contribution is 6.33. The molecule has 3 heterocycles. The molecule has 0 bridgehead atoms. The summed E-state index contributed by atoms with van der Waals surface area (Å²) >= 11 is 6.51. The number of piperidine rings is 1. The van der Waals surface area contributed by atoms with Gasteiger partial charge in [-0.3, -0.25) is 0 Å². The van der Waals surface area contributed by atoms with E-state index in [4.69, 9.17) is 22.1 Å². The third-order valence-electron chi connectivity index (χ3n) is 6.14. The molecule has 5 rings (SSSR count). The Balaban J connectivity index is 1.37. The molecule has 0 spiro atoms. The molecule has 1 fully saturated rings. The van der Waals surface area contributed by atoms with Gasteiger partial charge in [0.1, 0.15) is 5.75 Å². The van der Waals surface area contributed by atoms with Gasteiger partial charge in [-0.1, -0.05) is 29.8 Å². The predicted octanol–water partition coefficient (Wildman–Crippen LogP) is 3.91. The number of nitrogens with zero attached hydrogens (tertiary/aromatic N) is 2. The van der Waals surface area contributed by atoms with E-state index in [0.717, 1.165) is 65.6 Å². The van der Waals surface area contributed by atoms with Gasteiger partial charge in [0.2, 0.25) is 5.96 Å². The van der Waals surface area contributed by atoms with Crippen LogP contribution in [0.5, 0.6) is 5.75 Å². The second kappa shape index (κ2) is 8.76. The maximum atomic E-state index is 6.51. The second-order valence-corrected chi connectivity index (χ2v) is 8.57. The van der Waals surface area contributed by atoms with E-state index in [1.165, 1.54) is 0 Å².